The van der Waals surface area contributed by atoms with Gasteiger partial charge in [-0.05, 0) is 77.3 Å². The van der Waals surface area contributed by atoms with E-state index in [1.807, 2.05) is 62.7 Å². The van der Waals surface area contributed by atoms with E-state index >= 15 is 0 Å². The maximum atomic E-state index is 12.8. The first-order valence-electron chi connectivity index (χ1n) is 9.75. The fourth-order valence-corrected chi connectivity index (χ4v) is 3.60. The van der Waals surface area contributed by atoms with Crippen LogP contribution in [-0.4, -0.2) is 39.1 Å². The lowest BCUT2D eigenvalue weighted by molar-refractivity contribution is -0.136. The summed E-state index contributed by atoms with van der Waals surface area (Å²) in [5.74, 6) is -0.214. The molecule has 0 radical (unpaired) electrons. The average molecular weight is 380 g/mol. The number of aryl methyl sites for hydroxylation is 2. The Morgan fingerprint density at radius 2 is 1.86 bits per heavy atom. The number of anilines is 1. The van der Waals surface area contributed by atoms with Crippen LogP contribution in [0.25, 0.3) is 5.69 Å². The lowest BCUT2D eigenvalue weighted by Gasteiger charge is -2.34. The van der Waals surface area contributed by atoms with Crippen molar-refractivity contribution in [2.75, 3.05) is 11.9 Å². The molecule has 0 aliphatic carbocycles. The van der Waals surface area contributed by atoms with Gasteiger partial charge in [-0.25, -0.2) is 4.68 Å². The van der Waals surface area contributed by atoms with Gasteiger partial charge in [-0.15, -0.1) is 0 Å². The van der Waals surface area contributed by atoms with E-state index in [4.69, 9.17) is 0 Å². The summed E-state index contributed by atoms with van der Waals surface area (Å²) in [5, 5.41) is 7.44. The molecule has 2 amide bonds. The molecule has 3 rings (SSSR count). The lowest BCUT2D eigenvalue weighted by atomic mass is 10.0. The third kappa shape index (κ3) is 4.50. The van der Waals surface area contributed by atoms with Crippen molar-refractivity contribution in [3.8, 4) is 5.69 Å². The van der Waals surface area contributed by atoms with Gasteiger partial charge in [-0.3, -0.25) is 9.59 Å². The summed E-state index contributed by atoms with van der Waals surface area (Å²) in [7, 11) is 0. The molecule has 28 heavy (non-hydrogen) atoms. The molecule has 0 bridgehead atoms. The molecule has 0 saturated carbocycles. The molecule has 6 heteroatoms. The van der Waals surface area contributed by atoms with Crippen LogP contribution in [-0.2, 0) is 9.59 Å². The van der Waals surface area contributed by atoms with E-state index < -0.39 is 6.04 Å². The van der Waals surface area contributed by atoms with Gasteiger partial charge < -0.3 is 10.2 Å². The summed E-state index contributed by atoms with van der Waals surface area (Å²) in [6.07, 6.45) is 4.18. The molecule has 1 aromatic heterocycles. The van der Waals surface area contributed by atoms with Crippen molar-refractivity contribution in [2.45, 2.75) is 53.0 Å². The third-order valence-corrected chi connectivity index (χ3v) is 4.89. The predicted octanol–water partition coefficient (Wildman–Crippen LogP) is 3.77. The molecule has 1 N–H and O–H groups in total. The average Bonchev–Trinajstić information content (AvgIpc) is 3.00. The van der Waals surface area contributed by atoms with E-state index in [0.717, 1.165) is 41.2 Å². The van der Waals surface area contributed by atoms with Crippen LogP contribution in [0.3, 0.4) is 0 Å². The molecule has 2 aromatic rings. The topological polar surface area (TPSA) is 67.2 Å². The van der Waals surface area contributed by atoms with Crippen molar-refractivity contribution in [2.24, 2.45) is 0 Å². The van der Waals surface area contributed by atoms with E-state index in [0.29, 0.717) is 13.0 Å². The van der Waals surface area contributed by atoms with Crippen molar-refractivity contribution in [3.05, 3.63) is 53.4 Å². The summed E-state index contributed by atoms with van der Waals surface area (Å²) >= 11 is 0. The standard InChI is InChI=1S/C22H28N4O2/c1-15(2)13-21(27)25-12-6-5-7-20(25)22(28)23-18-8-10-19(11-9-18)26-17(4)14-16(3)24-26/h8-11,13-14,20H,5-7,12H2,1-4H3,(H,23,28)/t20-/m0/s1. The predicted molar refractivity (Wildman–Crippen MR) is 110 cm³/mol. The first-order valence-corrected chi connectivity index (χ1v) is 9.75. The second-order valence-electron chi connectivity index (χ2n) is 7.64. The van der Waals surface area contributed by atoms with Crippen molar-refractivity contribution in [3.63, 3.8) is 0 Å². The van der Waals surface area contributed by atoms with Crippen LogP contribution >= 0.6 is 0 Å². The maximum absolute atomic E-state index is 12.8. The Hall–Kier alpha value is -2.89. The minimum atomic E-state index is -0.424. The Kier molecular flexibility index (Phi) is 5.97. The Balaban J connectivity index is 1.71. The van der Waals surface area contributed by atoms with Crippen molar-refractivity contribution in [1.29, 1.82) is 0 Å². The van der Waals surface area contributed by atoms with Gasteiger partial charge in [0, 0.05) is 24.0 Å². The van der Waals surface area contributed by atoms with Crippen LogP contribution in [0.4, 0.5) is 5.69 Å². The number of carbonyl (C=O) groups is 2. The Morgan fingerprint density at radius 3 is 2.46 bits per heavy atom. The number of piperidine rings is 1. The molecule has 1 aliphatic heterocycles. The molecule has 2 heterocycles. The molecular weight excluding hydrogens is 352 g/mol. The van der Waals surface area contributed by atoms with Crippen LogP contribution in [0.2, 0.25) is 0 Å². The number of carbonyl (C=O) groups excluding carboxylic acids is 2. The van der Waals surface area contributed by atoms with Gasteiger partial charge in [-0.1, -0.05) is 5.57 Å². The Bertz CT molecular complexity index is 892. The molecule has 1 aliphatic rings. The molecule has 1 atom stereocenters. The van der Waals surface area contributed by atoms with Gasteiger partial charge in [0.2, 0.25) is 11.8 Å². The quantitative estimate of drug-likeness (QED) is 0.821. The fourth-order valence-electron chi connectivity index (χ4n) is 3.60. The molecule has 1 fully saturated rings. The van der Waals surface area contributed by atoms with Gasteiger partial charge in [0.1, 0.15) is 6.04 Å². The van der Waals surface area contributed by atoms with Gasteiger partial charge in [0.15, 0.2) is 0 Å². The monoisotopic (exact) mass is 380 g/mol. The first-order chi connectivity index (χ1) is 13.3. The molecule has 0 unspecified atom stereocenters. The minimum absolute atomic E-state index is 0.0836. The van der Waals surface area contributed by atoms with Gasteiger partial charge in [0.05, 0.1) is 11.4 Å². The smallest absolute Gasteiger partial charge is 0.247 e. The zero-order valence-corrected chi connectivity index (χ0v) is 17.0. The molecule has 0 spiro atoms. The molecular formula is C22H28N4O2. The summed E-state index contributed by atoms with van der Waals surface area (Å²) in [6, 6.07) is 9.21. The van der Waals surface area contributed by atoms with Gasteiger partial charge in [-0.2, -0.15) is 5.10 Å². The number of benzene rings is 1. The third-order valence-electron chi connectivity index (χ3n) is 4.89. The van der Waals surface area contributed by atoms with Crippen LogP contribution in [0, 0.1) is 13.8 Å². The number of hydrogen-bond donors (Lipinski definition) is 1. The molecule has 1 saturated heterocycles. The lowest BCUT2D eigenvalue weighted by Crippen LogP contribution is -2.49. The summed E-state index contributed by atoms with van der Waals surface area (Å²) in [4.78, 5) is 27.0. The van der Waals surface area contributed by atoms with E-state index in [2.05, 4.69) is 10.4 Å². The second-order valence-corrected chi connectivity index (χ2v) is 7.64. The zero-order chi connectivity index (χ0) is 20.3. The summed E-state index contributed by atoms with van der Waals surface area (Å²) in [6.45, 7) is 8.38. The van der Waals surface area contributed by atoms with Crippen LogP contribution in [0.5, 0.6) is 0 Å². The van der Waals surface area contributed by atoms with Crippen molar-refractivity contribution in [1.82, 2.24) is 14.7 Å². The molecule has 1 aromatic carbocycles. The highest BCUT2D eigenvalue weighted by Gasteiger charge is 2.31. The van der Waals surface area contributed by atoms with Crippen LogP contribution in [0.15, 0.2) is 42.0 Å². The van der Waals surface area contributed by atoms with Crippen LogP contribution in [0.1, 0.15) is 44.5 Å². The zero-order valence-electron chi connectivity index (χ0n) is 17.0. The minimum Gasteiger partial charge on any atom is -0.327 e. The summed E-state index contributed by atoms with van der Waals surface area (Å²) < 4.78 is 1.88. The fraction of sp³-hybridized carbons (Fsp3) is 0.409. The van der Waals surface area contributed by atoms with E-state index in [1.54, 1.807) is 11.0 Å². The molecule has 6 nitrogen and oxygen atoms in total. The number of nitrogens with zero attached hydrogens (tertiary/aromatic N) is 3. The van der Waals surface area contributed by atoms with E-state index in [1.165, 1.54) is 0 Å². The maximum Gasteiger partial charge on any atom is 0.247 e. The van der Waals surface area contributed by atoms with E-state index in [9.17, 15) is 9.59 Å². The second kappa shape index (κ2) is 8.42. The van der Waals surface area contributed by atoms with Crippen LogP contribution < -0.4 is 5.32 Å². The highest BCUT2D eigenvalue weighted by molar-refractivity contribution is 5.99. The first kappa shape index (κ1) is 19.9. The number of hydrogen-bond acceptors (Lipinski definition) is 3. The molecule has 148 valence electrons. The Morgan fingerprint density at radius 1 is 1.14 bits per heavy atom. The van der Waals surface area contributed by atoms with Crippen molar-refractivity contribution >= 4 is 17.5 Å². The highest BCUT2D eigenvalue weighted by Crippen LogP contribution is 2.21. The summed E-state index contributed by atoms with van der Waals surface area (Å²) in [5.41, 5.74) is 4.63. The largest absolute Gasteiger partial charge is 0.327 e. The Labute approximate surface area is 166 Å². The number of allylic oxidation sites excluding steroid dienone is 1. The van der Waals surface area contributed by atoms with Gasteiger partial charge in [0.25, 0.3) is 0 Å². The SMILES string of the molecule is CC(C)=CC(=O)N1CCCC[C@H]1C(=O)Nc1ccc(-n2nc(C)cc2C)cc1. The highest BCUT2D eigenvalue weighted by atomic mass is 16.2. The normalized spacial score (nSPS) is 16.6. The number of aromatic nitrogens is 2. The number of likely N-dealkylation sites (tertiary alicyclic amines) is 1. The van der Waals surface area contributed by atoms with Gasteiger partial charge >= 0.3 is 0 Å². The number of amides is 2. The number of rotatable bonds is 4. The van der Waals surface area contributed by atoms with E-state index in [-0.39, 0.29) is 11.8 Å². The van der Waals surface area contributed by atoms with Crippen molar-refractivity contribution < 1.29 is 9.59 Å². The number of nitrogens with one attached hydrogen (secondary N) is 1.